The highest BCUT2D eigenvalue weighted by molar-refractivity contribution is 5.82. The van der Waals surface area contributed by atoms with Crippen LogP contribution in [0.3, 0.4) is 0 Å². The number of aliphatic hydroxyl groups excluding tert-OH is 2. The van der Waals surface area contributed by atoms with Crippen molar-refractivity contribution < 1.29 is 19.7 Å². The van der Waals surface area contributed by atoms with E-state index in [0.29, 0.717) is 18.9 Å². The first-order chi connectivity index (χ1) is 10.1. The summed E-state index contributed by atoms with van der Waals surface area (Å²) in [5.41, 5.74) is 1.85. The zero-order chi connectivity index (χ0) is 15.7. The summed E-state index contributed by atoms with van der Waals surface area (Å²) >= 11 is 0. The van der Waals surface area contributed by atoms with Crippen molar-refractivity contribution in [3.05, 3.63) is 35.4 Å². The summed E-state index contributed by atoms with van der Waals surface area (Å²) in [6.45, 7) is 4.41. The molecule has 0 heterocycles. The van der Waals surface area contributed by atoms with Gasteiger partial charge in [0.1, 0.15) is 6.10 Å². The molecule has 0 radical (unpaired) electrons. The number of carbonyl (C=O) groups is 1. The lowest BCUT2D eigenvalue weighted by atomic mass is 9.99. The van der Waals surface area contributed by atoms with E-state index in [4.69, 9.17) is 14.9 Å². The Bertz CT molecular complexity index is 413. The van der Waals surface area contributed by atoms with Crippen molar-refractivity contribution in [1.29, 1.82) is 0 Å². The van der Waals surface area contributed by atoms with Crippen LogP contribution in [0.2, 0.25) is 0 Å². The first-order valence-corrected chi connectivity index (χ1v) is 7.50. The van der Waals surface area contributed by atoms with E-state index in [1.54, 1.807) is 6.92 Å². The van der Waals surface area contributed by atoms with Gasteiger partial charge in [-0.1, -0.05) is 31.2 Å². The highest BCUT2D eigenvalue weighted by atomic mass is 16.5. The lowest BCUT2D eigenvalue weighted by Crippen LogP contribution is -2.21. The Labute approximate surface area is 126 Å². The number of rotatable bonds is 10. The third-order valence-electron chi connectivity index (χ3n) is 3.66. The smallest absolute Gasteiger partial charge is 0.161 e. The molecule has 0 saturated carbocycles. The molecule has 0 aliphatic rings. The van der Waals surface area contributed by atoms with E-state index in [0.717, 1.165) is 24.0 Å². The number of aliphatic hydroxyl groups is 2. The molecule has 0 amide bonds. The second-order valence-electron chi connectivity index (χ2n) is 5.55. The van der Waals surface area contributed by atoms with Crippen LogP contribution < -0.4 is 0 Å². The zero-order valence-electron chi connectivity index (χ0n) is 12.9. The van der Waals surface area contributed by atoms with Crippen LogP contribution in [0, 0.1) is 5.92 Å². The Morgan fingerprint density at radius 3 is 2.29 bits per heavy atom. The second kappa shape index (κ2) is 9.66. The Morgan fingerprint density at radius 2 is 1.71 bits per heavy atom. The van der Waals surface area contributed by atoms with Crippen molar-refractivity contribution in [3.63, 3.8) is 0 Å². The minimum absolute atomic E-state index is 0.0298. The molecule has 0 saturated heterocycles. The number of Topliss-reactive ketones (excluding diaryl/α,β-unsaturated/α-hetero) is 1. The van der Waals surface area contributed by atoms with Crippen molar-refractivity contribution in [2.75, 3.05) is 6.61 Å². The highest BCUT2D eigenvalue weighted by Crippen LogP contribution is 2.13. The van der Waals surface area contributed by atoms with Crippen LogP contribution in [0.4, 0.5) is 0 Å². The number of ketones is 1. The van der Waals surface area contributed by atoms with Gasteiger partial charge in [0.2, 0.25) is 0 Å². The second-order valence-corrected chi connectivity index (χ2v) is 5.55. The number of hydrogen-bond donors (Lipinski definition) is 2. The fourth-order valence-electron chi connectivity index (χ4n) is 2.01. The predicted octanol–water partition coefficient (Wildman–Crippen LogP) is 2.45. The van der Waals surface area contributed by atoms with Crippen molar-refractivity contribution in [1.82, 2.24) is 0 Å². The Hall–Kier alpha value is -1.23. The first kappa shape index (κ1) is 17.8. The quantitative estimate of drug-likeness (QED) is 0.695. The predicted molar refractivity (Wildman–Crippen MR) is 81.7 cm³/mol. The average molecular weight is 294 g/mol. The third kappa shape index (κ3) is 6.85. The maximum absolute atomic E-state index is 12.0. The lowest BCUT2D eigenvalue weighted by Gasteiger charge is -2.14. The molecule has 118 valence electrons. The van der Waals surface area contributed by atoms with E-state index in [1.165, 1.54) is 0 Å². The number of carbonyl (C=O) groups excluding carboxylic acids is 1. The van der Waals surface area contributed by atoms with E-state index in [1.807, 2.05) is 31.2 Å². The summed E-state index contributed by atoms with van der Waals surface area (Å²) < 4.78 is 5.59. The summed E-state index contributed by atoms with van der Waals surface area (Å²) in [4.78, 5) is 12.0. The van der Waals surface area contributed by atoms with Crippen molar-refractivity contribution in [2.24, 2.45) is 5.92 Å². The highest BCUT2D eigenvalue weighted by Gasteiger charge is 2.14. The van der Waals surface area contributed by atoms with E-state index >= 15 is 0 Å². The van der Waals surface area contributed by atoms with Gasteiger partial charge in [-0.25, -0.2) is 0 Å². The molecule has 2 atom stereocenters. The Balaban J connectivity index is 2.31. The minimum Gasteiger partial charge on any atom is -0.396 e. The maximum atomic E-state index is 12.0. The molecule has 0 spiro atoms. The lowest BCUT2D eigenvalue weighted by molar-refractivity contribution is -0.130. The summed E-state index contributed by atoms with van der Waals surface area (Å²) in [5.74, 6) is 0.462. The monoisotopic (exact) mass is 294 g/mol. The van der Waals surface area contributed by atoms with Gasteiger partial charge in [-0.2, -0.15) is 0 Å². The topological polar surface area (TPSA) is 66.8 Å². The van der Waals surface area contributed by atoms with Gasteiger partial charge >= 0.3 is 0 Å². The molecule has 2 N–H and O–H groups in total. The molecule has 1 aromatic rings. The van der Waals surface area contributed by atoms with E-state index in [9.17, 15) is 4.79 Å². The average Bonchev–Trinajstić information content (AvgIpc) is 2.51. The van der Waals surface area contributed by atoms with Gasteiger partial charge in [0.05, 0.1) is 13.2 Å². The summed E-state index contributed by atoms with van der Waals surface area (Å²) in [6.07, 6.45) is 1.60. The van der Waals surface area contributed by atoms with Gasteiger partial charge in [-0.05, 0) is 36.8 Å². The molecule has 21 heavy (non-hydrogen) atoms. The standard InChI is InChI=1S/C17H26O4/c1-13(9-10-18)3-8-17(20)14(2)21-12-16-6-4-15(11-19)5-7-16/h4-7,13-14,18-19H,3,8-12H2,1-2H3. The molecule has 4 nitrogen and oxygen atoms in total. The summed E-state index contributed by atoms with van der Waals surface area (Å²) in [6, 6.07) is 7.49. The zero-order valence-corrected chi connectivity index (χ0v) is 12.9. The fourth-order valence-corrected chi connectivity index (χ4v) is 2.01. The molecule has 0 aromatic heterocycles. The fraction of sp³-hybridized carbons (Fsp3) is 0.588. The van der Waals surface area contributed by atoms with Gasteiger partial charge in [-0.15, -0.1) is 0 Å². The van der Waals surface area contributed by atoms with E-state index < -0.39 is 6.10 Å². The number of ether oxygens (including phenoxy) is 1. The Morgan fingerprint density at radius 1 is 1.10 bits per heavy atom. The van der Waals surface area contributed by atoms with Crippen LogP contribution >= 0.6 is 0 Å². The molecule has 0 aliphatic heterocycles. The normalized spacial score (nSPS) is 13.9. The SMILES string of the molecule is CC(CCO)CCC(=O)C(C)OCc1ccc(CO)cc1. The van der Waals surface area contributed by atoms with Gasteiger partial charge in [0, 0.05) is 13.0 Å². The van der Waals surface area contributed by atoms with Crippen molar-refractivity contribution in [2.45, 2.75) is 52.4 Å². The van der Waals surface area contributed by atoms with E-state index in [-0.39, 0.29) is 19.0 Å². The van der Waals surface area contributed by atoms with Gasteiger partial charge in [-0.3, -0.25) is 4.79 Å². The van der Waals surface area contributed by atoms with Crippen LogP contribution in [-0.4, -0.2) is 28.7 Å². The minimum atomic E-state index is -0.413. The van der Waals surface area contributed by atoms with E-state index in [2.05, 4.69) is 0 Å². The number of benzene rings is 1. The van der Waals surface area contributed by atoms with Crippen molar-refractivity contribution in [3.8, 4) is 0 Å². The third-order valence-corrected chi connectivity index (χ3v) is 3.66. The number of hydrogen-bond acceptors (Lipinski definition) is 4. The van der Waals surface area contributed by atoms with Gasteiger partial charge in [0.25, 0.3) is 0 Å². The molecule has 0 aliphatic carbocycles. The molecular formula is C17H26O4. The van der Waals surface area contributed by atoms with Crippen LogP contribution in [0.1, 0.15) is 44.2 Å². The Kier molecular flexibility index (Phi) is 8.20. The van der Waals surface area contributed by atoms with Crippen molar-refractivity contribution >= 4 is 5.78 Å². The van der Waals surface area contributed by atoms with Crippen LogP contribution in [-0.2, 0) is 22.7 Å². The molecule has 0 fully saturated rings. The summed E-state index contributed by atoms with van der Waals surface area (Å²) in [7, 11) is 0. The van der Waals surface area contributed by atoms with Crippen LogP contribution in [0.5, 0.6) is 0 Å². The largest absolute Gasteiger partial charge is 0.396 e. The maximum Gasteiger partial charge on any atom is 0.161 e. The molecule has 1 aromatic carbocycles. The first-order valence-electron chi connectivity index (χ1n) is 7.50. The van der Waals surface area contributed by atoms with Gasteiger partial charge < -0.3 is 14.9 Å². The van der Waals surface area contributed by atoms with Crippen LogP contribution in [0.25, 0.3) is 0 Å². The van der Waals surface area contributed by atoms with Gasteiger partial charge in [0.15, 0.2) is 5.78 Å². The molecule has 1 rings (SSSR count). The molecule has 0 bridgehead atoms. The van der Waals surface area contributed by atoms with Crippen LogP contribution in [0.15, 0.2) is 24.3 Å². The molecular weight excluding hydrogens is 268 g/mol. The molecule has 4 heteroatoms. The summed E-state index contributed by atoms with van der Waals surface area (Å²) in [5, 5.41) is 17.8. The molecule has 2 unspecified atom stereocenters.